The van der Waals surface area contributed by atoms with Gasteiger partial charge in [0.25, 0.3) is 5.91 Å². The number of hydrogen-bond acceptors (Lipinski definition) is 4. The molecule has 2 rings (SSSR count). The lowest BCUT2D eigenvalue weighted by atomic mass is 9.72. The van der Waals surface area contributed by atoms with E-state index >= 15 is 0 Å². The van der Waals surface area contributed by atoms with Gasteiger partial charge in [-0.2, -0.15) is 0 Å². The van der Waals surface area contributed by atoms with Gasteiger partial charge in [-0.3, -0.25) is 4.79 Å². The molecule has 1 aliphatic carbocycles. The van der Waals surface area contributed by atoms with Crippen molar-refractivity contribution in [3.8, 4) is 0 Å². The monoisotopic (exact) mass is 271 g/mol. The molecule has 0 aromatic heterocycles. The highest BCUT2D eigenvalue weighted by Gasteiger charge is 2.33. The molecular weight excluding hydrogens is 246 g/mol. The minimum Gasteiger partial charge on any atom is -0.396 e. The molecule has 1 amide bonds. The normalized spacial score (nSPS) is 26.9. The molecule has 2 fully saturated rings. The first kappa shape index (κ1) is 14.8. The zero-order valence-corrected chi connectivity index (χ0v) is 11.5. The second kappa shape index (κ2) is 7.22. The van der Waals surface area contributed by atoms with E-state index in [-0.39, 0.29) is 17.9 Å². The average molecular weight is 271 g/mol. The van der Waals surface area contributed by atoms with E-state index in [2.05, 4.69) is 5.32 Å². The zero-order chi connectivity index (χ0) is 13.6. The highest BCUT2D eigenvalue weighted by molar-refractivity contribution is 5.81. The van der Waals surface area contributed by atoms with Crippen molar-refractivity contribution in [2.75, 3.05) is 33.0 Å². The maximum atomic E-state index is 12.0. The molecule has 2 aliphatic rings. The van der Waals surface area contributed by atoms with Crippen LogP contribution in [0.3, 0.4) is 0 Å². The third-order valence-electron chi connectivity index (χ3n) is 4.30. The smallest absolute Gasteiger partial charge is 0.251 e. The van der Waals surface area contributed by atoms with Crippen LogP contribution in [0.25, 0.3) is 0 Å². The molecule has 110 valence electrons. The highest BCUT2D eigenvalue weighted by atomic mass is 16.6. The molecule has 1 saturated carbocycles. The van der Waals surface area contributed by atoms with Crippen molar-refractivity contribution in [3.05, 3.63) is 0 Å². The number of hydrogen-bond donors (Lipinski definition) is 2. The molecule has 1 heterocycles. The van der Waals surface area contributed by atoms with E-state index in [4.69, 9.17) is 9.47 Å². The highest BCUT2D eigenvalue weighted by Crippen LogP contribution is 2.38. The van der Waals surface area contributed by atoms with Crippen molar-refractivity contribution >= 4 is 5.91 Å². The number of carbonyl (C=O) groups is 1. The molecular formula is C14H25NO4. The Morgan fingerprint density at radius 3 is 2.68 bits per heavy atom. The van der Waals surface area contributed by atoms with E-state index in [0.29, 0.717) is 26.4 Å². The molecule has 0 aromatic rings. The van der Waals surface area contributed by atoms with E-state index in [0.717, 1.165) is 19.3 Å². The first-order valence-corrected chi connectivity index (χ1v) is 7.34. The molecule has 0 spiro atoms. The van der Waals surface area contributed by atoms with Crippen molar-refractivity contribution in [1.82, 2.24) is 5.32 Å². The summed E-state index contributed by atoms with van der Waals surface area (Å²) in [7, 11) is 0. The fraction of sp³-hybridized carbons (Fsp3) is 0.929. The number of ether oxygens (including phenoxy) is 2. The Balaban J connectivity index is 1.82. The first-order chi connectivity index (χ1) is 9.26. The van der Waals surface area contributed by atoms with Gasteiger partial charge in [-0.25, -0.2) is 0 Å². The van der Waals surface area contributed by atoms with Crippen molar-refractivity contribution < 1.29 is 19.4 Å². The second-order valence-corrected chi connectivity index (χ2v) is 5.69. The molecule has 1 atom stereocenters. The van der Waals surface area contributed by atoms with Gasteiger partial charge in [-0.1, -0.05) is 19.3 Å². The summed E-state index contributed by atoms with van der Waals surface area (Å²) in [6, 6.07) is 0. The largest absolute Gasteiger partial charge is 0.396 e. The molecule has 5 nitrogen and oxygen atoms in total. The van der Waals surface area contributed by atoms with Gasteiger partial charge in [0.1, 0.15) is 0 Å². The van der Waals surface area contributed by atoms with Crippen molar-refractivity contribution in [2.24, 2.45) is 5.41 Å². The Morgan fingerprint density at radius 2 is 2.05 bits per heavy atom. The molecule has 0 radical (unpaired) electrons. The van der Waals surface area contributed by atoms with Crippen LogP contribution in [0, 0.1) is 5.41 Å². The summed E-state index contributed by atoms with van der Waals surface area (Å²) in [4.78, 5) is 12.0. The van der Waals surface area contributed by atoms with Crippen LogP contribution in [-0.2, 0) is 14.3 Å². The van der Waals surface area contributed by atoms with E-state index in [1.807, 2.05) is 0 Å². The lowest BCUT2D eigenvalue weighted by Gasteiger charge is -2.37. The Labute approximate surface area is 114 Å². The van der Waals surface area contributed by atoms with Gasteiger partial charge in [-0.05, 0) is 24.7 Å². The predicted molar refractivity (Wildman–Crippen MR) is 70.8 cm³/mol. The van der Waals surface area contributed by atoms with Crippen LogP contribution >= 0.6 is 0 Å². The second-order valence-electron chi connectivity index (χ2n) is 5.69. The lowest BCUT2D eigenvalue weighted by molar-refractivity contribution is -0.148. The van der Waals surface area contributed by atoms with Gasteiger partial charge in [0.2, 0.25) is 0 Å². The molecule has 0 aromatic carbocycles. The molecule has 1 saturated heterocycles. The average Bonchev–Trinajstić information content (AvgIpc) is 2.47. The van der Waals surface area contributed by atoms with E-state index < -0.39 is 6.10 Å². The Bertz CT molecular complexity index is 278. The van der Waals surface area contributed by atoms with Gasteiger partial charge in [0, 0.05) is 13.2 Å². The Hall–Kier alpha value is -0.650. The SMILES string of the molecule is O=C(NCC1(CCO)CCCCC1)[C@@H]1COCCO1. The first-order valence-electron chi connectivity index (χ1n) is 7.34. The van der Waals surface area contributed by atoms with Crippen LogP contribution in [0.5, 0.6) is 0 Å². The van der Waals surface area contributed by atoms with E-state index in [9.17, 15) is 9.90 Å². The van der Waals surface area contributed by atoms with Crippen LogP contribution in [0.2, 0.25) is 0 Å². The standard InChI is InChI=1S/C14H25NO4/c16-7-6-14(4-2-1-3-5-14)11-15-13(17)12-10-18-8-9-19-12/h12,16H,1-11H2,(H,15,17)/t12-/m0/s1. The fourth-order valence-electron chi connectivity index (χ4n) is 3.08. The number of nitrogens with one attached hydrogen (secondary N) is 1. The molecule has 19 heavy (non-hydrogen) atoms. The molecule has 0 bridgehead atoms. The van der Waals surface area contributed by atoms with E-state index in [1.54, 1.807) is 0 Å². The van der Waals surface area contributed by atoms with Gasteiger partial charge in [0.15, 0.2) is 6.10 Å². The quantitative estimate of drug-likeness (QED) is 0.778. The van der Waals surface area contributed by atoms with Crippen LogP contribution in [-0.4, -0.2) is 50.1 Å². The third kappa shape index (κ3) is 4.16. The van der Waals surface area contributed by atoms with Gasteiger partial charge >= 0.3 is 0 Å². The van der Waals surface area contributed by atoms with Crippen LogP contribution in [0.15, 0.2) is 0 Å². The van der Waals surface area contributed by atoms with Gasteiger partial charge in [-0.15, -0.1) is 0 Å². The lowest BCUT2D eigenvalue weighted by Crippen LogP contribution is -2.47. The summed E-state index contributed by atoms with van der Waals surface area (Å²) in [5.41, 5.74) is 0.0815. The fourth-order valence-corrected chi connectivity index (χ4v) is 3.08. The molecule has 1 aliphatic heterocycles. The predicted octanol–water partition coefficient (Wildman–Crippen LogP) is 0.851. The maximum absolute atomic E-state index is 12.0. The van der Waals surface area contributed by atoms with Crippen LogP contribution in [0.4, 0.5) is 0 Å². The minimum absolute atomic E-state index is 0.0809. The third-order valence-corrected chi connectivity index (χ3v) is 4.30. The van der Waals surface area contributed by atoms with Crippen molar-refractivity contribution in [2.45, 2.75) is 44.6 Å². The number of amides is 1. The van der Waals surface area contributed by atoms with Gasteiger partial charge < -0.3 is 19.9 Å². The molecule has 5 heteroatoms. The van der Waals surface area contributed by atoms with Crippen LogP contribution in [0.1, 0.15) is 38.5 Å². The summed E-state index contributed by atoms with van der Waals surface area (Å²) in [6.45, 7) is 2.24. The summed E-state index contributed by atoms with van der Waals surface area (Å²) < 4.78 is 10.6. The number of aliphatic hydroxyl groups is 1. The molecule has 2 N–H and O–H groups in total. The minimum atomic E-state index is -0.469. The summed E-state index contributed by atoms with van der Waals surface area (Å²) in [5, 5.41) is 12.2. The Morgan fingerprint density at radius 1 is 1.26 bits per heavy atom. The summed E-state index contributed by atoms with van der Waals surface area (Å²) >= 11 is 0. The summed E-state index contributed by atoms with van der Waals surface area (Å²) in [6.07, 6.45) is 6.14. The zero-order valence-electron chi connectivity index (χ0n) is 11.5. The van der Waals surface area contributed by atoms with Crippen molar-refractivity contribution in [3.63, 3.8) is 0 Å². The van der Waals surface area contributed by atoms with Gasteiger partial charge in [0.05, 0.1) is 19.8 Å². The summed E-state index contributed by atoms with van der Waals surface area (Å²) in [5.74, 6) is -0.0809. The molecule has 0 unspecified atom stereocenters. The number of carbonyl (C=O) groups excluding carboxylic acids is 1. The number of rotatable bonds is 5. The topological polar surface area (TPSA) is 67.8 Å². The van der Waals surface area contributed by atoms with Crippen LogP contribution < -0.4 is 5.32 Å². The maximum Gasteiger partial charge on any atom is 0.251 e. The Kier molecular flexibility index (Phi) is 5.60. The van der Waals surface area contributed by atoms with Crippen molar-refractivity contribution in [1.29, 1.82) is 0 Å². The number of aliphatic hydroxyl groups excluding tert-OH is 1. The van der Waals surface area contributed by atoms with E-state index in [1.165, 1.54) is 19.3 Å².